The molecule has 0 saturated carbocycles. The third kappa shape index (κ3) is 1.31. The molecule has 0 aliphatic rings. The van der Waals surface area contributed by atoms with Gasteiger partial charge >= 0.3 is 6.01 Å². The summed E-state index contributed by atoms with van der Waals surface area (Å²) in [5, 5.41) is 19.4. The van der Waals surface area contributed by atoms with E-state index in [-0.39, 0.29) is 11.5 Å². The number of thioether (sulfide) groups is 1. The van der Waals surface area contributed by atoms with Gasteiger partial charge in [-0.2, -0.15) is 9.97 Å². The summed E-state index contributed by atoms with van der Waals surface area (Å²) >= 11 is 1.35. The van der Waals surface area contributed by atoms with Crippen LogP contribution < -0.4 is 0 Å². The van der Waals surface area contributed by atoms with E-state index in [4.69, 9.17) is 5.11 Å². The second-order valence-corrected chi connectivity index (χ2v) is 3.22. The molecule has 0 aliphatic carbocycles. The normalized spacial score (nSPS) is 10.6. The summed E-state index contributed by atoms with van der Waals surface area (Å²) in [5.41, 5.74) is 0.231. The van der Waals surface area contributed by atoms with E-state index >= 15 is 0 Å². The number of hydrogen-bond acceptors (Lipinski definition) is 7. The first-order chi connectivity index (χ1) is 6.72. The maximum absolute atomic E-state index is 9.46. The first-order valence-electron chi connectivity index (χ1n) is 3.67. The van der Waals surface area contributed by atoms with Gasteiger partial charge in [0.05, 0.1) is 0 Å². The number of fused-ring (bicyclic) bond motifs is 1. The average Bonchev–Trinajstić information content (AvgIpc) is 2.16. The minimum absolute atomic E-state index is 0.231. The van der Waals surface area contributed by atoms with Crippen LogP contribution in [-0.2, 0) is 0 Å². The number of rotatable bonds is 1. The van der Waals surface area contributed by atoms with Crippen molar-refractivity contribution < 1.29 is 10.2 Å². The van der Waals surface area contributed by atoms with E-state index in [0.717, 1.165) is 0 Å². The minimum Gasteiger partial charge on any atom is -0.493 e. The maximum atomic E-state index is 9.46. The third-order valence-corrected chi connectivity index (χ3v) is 2.32. The topological polar surface area (TPSA) is 92.0 Å². The molecule has 0 spiro atoms. The van der Waals surface area contributed by atoms with E-state index in [9.17, 15) is 5.11 Å². The molecule has 0 aliphatic heterocycles. The van der Waals surface area contributed by atoms with E-state index in [1.807, 2.05) is 6.26 Å². The summed E-state index contributed by atoms with van der Waals surface area (Å²) in [7, 11) is 0. The zero-order chi connectivity index (χ0) is 10.1. The predicted molar refractivity (Wildman–Crippen MR) is 50.2 cm³/mol. The lowest BCUT2D eigenvalue weighted by Crippen LogP contribution is -1.92. The highest BCUT2D eigenvalue weighted by atomic mass is 32.2. The first kappa shape index (κ1) is 8.95. The Balaban J connectivity index is 2.87. The van der Waals surface area contributed by atoms with Crippen LogP contribution in [0.1, 0.15) is 0 Å². The molecule has 2 rings (SSSR count). The van der Waals surface area contributed by atoms with Crippen molar-refractivity contribution in [2.45, 2.75) is 5.03 Å². The standard InChI is InChI=1S/C7H6N4O2S/c1-14-6-3-4(8-2-9-6)10-7(13)11-5(3)12/h2H,1H3,(H2,8,9,10,11,12,13). The molecule has 7 heteroatoms. The van der Waals surface area contributed by atoms with Gasteiger partial charge in [0.2, 0.25) is 5.88 Å². The molecule has 2 N–H and O–H groups in total. The maximum Gasteiger partial charge on any atom is 0.319 e. The van der Waals surface area contributed by atoms with Crippen LogP contribution in [-0.4, -0.2) is 36.4 Å². The zero-order valence-corrected chi connectivity index (χ0v) is 7.99. The van der Waals surface area contributed by atoms with Crippen molar-refractivity contribution in [3.63, 3.8) is 0 Å². The summed E-state index contributed by atoms with van der Waals surface area (Å²) in [6, 6.07) is -0.499. The SMILES string of the molecule is CSc1ncnc2nc(O)nc(O)c12. The molecule has 2 aromatic heterocycles. The Morgan fingerprint density at radius 3 is 2.71 bits per heavy atom. The summed E-state index contributed by atoms with van der Waals surface area (Å²) in [5.74, 6) is -0.308. The smallest absolute Gasteiger partial charge is 0.319 e. The van der Waals surface area contributed by atoms with E-state index < -0.39 is 6.01 Å². The van der Waals surface area contributed by atoms with Gasteiger partial charge in [-0.1, -0.05) is 0 Å². The van der Waals surface area contributed by atoms with Crippen molar-refractivity contribution in [1.29, 1.82) is 0 Å². The van der Waals surface area contributed by atoms with E-state index in [1.54, 1.807) is 0 Å². The fourth-order valence-corrected chi connectivity index (χ4v) is 1.61. The predicted octanol–water partition coefficient (Wildman–Crippen LogP) is 0.553. The van der Waals surface area contributed by atoms with Crippen molar-refractivity contribution in [2.24, 2.45) is 0 Å². The summed E-state index contributed by atoms with van der Waals surface area (Å²) < 4.78 is 0. The van der Waals surface area contributed by atoms with Crippen LogP contribution in [0.15, 0.2) is 11.4 Å². The lowest BCUT2D eigenvalue weighted by molar-refractivity contribution is 0.402. The molecule has 0 aromatic carbocycles. The molecular formula is C7H6N4O2S. The molecule has 72 valence electrons. The van der Waals surface area contributed by atoms with Gasteiger partial charge in [-0.3, -0.25) is 0 Å². The van der Waals surface area contributed by atoms with Gasteiger partial charge in [-0.15, -0.1) is 11.8 Å². The van der Waals surface area contributed by atoms with Gasteiger partial charge in [0, 0.05) is 0 Å². The highest BCUT2D eigenvalue weighted by Gasteiger charge is 2.11. The van der Waals surface area contributed by atoms with Gasteiger partial charge in [0.1, 0.15) is 16.7 Å². The van der Waals surface area contributed by atoms with Crippen molar-refractivity contribution in [2.75, 3.05) is 6.26 Å². The van der Waals surface area contributed by atoms with Gasteiger partial charge in [-0.05, 0) is 6.26 Å². The molecule has 6 nitrogen and oxygen atoms in total. The van der Waals surface area contributed by atoms with Crippen molar-refractivity contribution in [1.82, 2.24) is 19.9 Å². The fraction of sp³-hybridized carbons (Fsp3) is 0.143. The average molecular weight is 210 g/mol. The molecule has 0 amide bonds. The second-order valence-electron chi connectivity index (χ2n) is 2.43. The van der Waals surface area contributed by atoms with Crippen LogP contribution in [0.4, 0.5) is 0 Å². The second kappa shape index (κ2) is 3.26. The number of aromatic hydroxyl groups is 2. The fourth-order valence-electron chi connectivity index (χ4n) is 1.07. The Hall–Kier alpha value is -1.63. The van der Waals surface area contributed by atoms with Crippen molar-refractivity contribution in [3.8, 4) is 11.9 Å². The largest absolute Gasteiger partial charge is 0.493 e. The summed E-state index contributed by atoms with van der Waals surface area (Å²) in [6.45, 7) is 0. The first-order valence-corrected chi connectivity index (χ1v) is 4.89. The van der Waals surface area contributed by atoms with Gasteiger partial charge in [0.25, 0.3) is 0 Å². The number of nitrogens with zero attached hydrogens (tertiary/aromatic N) is 4. The van der Waals surface area contributed by atoms with Gasteiger partial charge in [0.15, 0.2) is 5.65 Å². The molecule has 0 fully saturated rings. The molecular weight excluding hydrogens is 204 g/mol. The van der Waals surface area contributed by atoms with Gasteiger partial charge in [-0.25, -0.2) is 9.97 Å². The Labute approximate surface area is 83.1 Å². The summed E-state index contributed by atoms with van der Waals surface area (Å²) in [6.07, 6.45) is 3.13. The van der Waals surface area contributed by atoms with Crippen molar-refractivity contribution in [3.05, 3.63) is 6.33 Å². The highest BCUT2D eigenvalue weighted by Crippen LogP contribution is 2.28. The van der Waals surface area contributed by atoms with Crippen LogP contribution in [0, 0.1) is 0 Å². The summed E-state index contributed by atoms with van der Waals surface area (Å²) in [4.78, 5) is 14.8. The van der Waals surface area contributed by atoms with E-state index in [0.29, 0.717) is 10.4 Å². The third-order valence-electron chi connectivity index (χ3n) is 1.62. The number of hydrogen-bond donors (Lipinski definition) is 2. The quantitative estimate of drug-likeness (QED) is 0.524. The zero-order valence-electron chi connectivity index (χ0n) is 7.17. The molecule has 0 bridgehead atoms. The Kier molecular flexibility index (Phi) is 2.08. The van der Waals surface area contributed by atoms with Crippen LogP contribution in [0.25, 0.3) is 11.0 Å². The van der Waals surface area contributed by atoms with Crippen LogP contribution in [0.3, 0.4) is 0 Å². The molecule has 14 heavy (non-hydrogen) atoms. The molecule has 2 aromatic rings. The van der Waals surface area contributed by atoms with Gasteiger partial charge < -0.3 is 10.2 Å². The number of aromatic nitrogens is 4. The van der Waals surface area contributed by atoms with Crippen LogP contribution in [0.2, 0.25) is 0 Å². The Bertz CT molecular complexity index is 490. The molecule has 0 atom stereocenters. The highest BCUT2D eigenvalue weighted by molar-refractivity contribution is 7.98. The molecule has 0 radical (unpaired) electrons. The van der Waals surface area contributed by atoms with E-state index in [1.165, 1.54) is 18.1 Å². The van der Waals surface area contributed by atoms with E-state index in [2.05, 4.69) is 19.9 Å². The molecule has 0 saturated heterocycles. The van der Waals surface area contributed by atoms with Crippen LogP contribution >= 0.6 is 11.8 Å². The Morgan fingerprint density at radius 1 is 1.21 bits per heavy atom. The minimum atomic E-state index is -0.499. The monoisotopic (exact) mass is 210 g/mol. The van der Waals surface area contributed by atoms with Crippen LogP contribution in [0.5, 0.6) is 11.9 Å². The van der Waals surface area contributed by atoms with Crippen molar-refractivity contribution >= 4 is 22.8 Å². The molecule has 2 heterocycles. The Morgan fingerprint density at radius 2 is 2.00 bits per heavy atom. The molecule has 0 unspecified atom stereocenters. The lowest BCUT2D eigenvalue weighted by Gasteiger charge is -2.02. The lowest BCUT2D eigenvalue weighted by atomic mass is 10.4.